The number of ketones is 1. The molecule has 0 aliphatic heterocycles. The van der Waals surface area contributed by atoms with Gasteiger partial charge in [0.15, 0.2) is 5.78 Å². The van der Waals surface area contributed by atoms with Gasteiger partial charge in [0, 0.05) is 23.9 Å². The van der Waals surface area contributed by atoms with Crippen molar-refractivity contribution in [1.29, 1.82) is 0 Å². The maximum absolute atomic E-state index is 13.4. The molecule has 0 N–H and O–H groups in total. The molecule has 2 atom stereocenters. The first-order valence-electron chi connectivity index (χ1n) is 12.8. The molecule has 1 heterocycles. The molecule has 2 unspecified atom stereocenters. The summed E-state index contributed by atoms with van der Waals surface area (Å²) < 4.78 is 0. The van der Waals surface area contributed by atoms with E-state index in [1.54, 1.807) is 0 Å². The van der Waals surface area contributed by atoms with Gasteiger partial charge in [0.05, 0.1) is 0 Å². The number of aromatic nitrogens is 1. The number of carbonyl (C=O) groups is 1. The van der Waals surface area contributed by atoms with E-state index in [2.05, 4.69) is 80.4 Å². The maximum atomic E-state index is 13.4. The van der Waals surface area contributed by atoms with Crippen molar-refractivity contribution in [3.8, 4) is 0 Å². The van der Waals surface area contributed by atoms with Crippen LogP contribution in [0.3, 0.4) is 0 Å². The smallest absolute Gasteiger partial charge is 0.163 e. The number of Topliss-reactive ketones (excluding diaryl/α,β-unsaturated/α-hetero) is 1. The molecular weight excluding hydrogens is 414 g/mol. The highest BCUT2D eigenvalue weighted by Crippen LogP contribution is 2.33. The minimum absolute atomic E-state index is 0.263. The molecule has 0 saturated carbocycles. The summed E-state index contributed by atoms with van der Waals surface area (Å²) in [5.41, 5.74) is 8.56. The van der Waals surface area contributed by atoms with E-state index in [0.29, 0.717) is 12.3 Å². The number of allylic oxidation sites excluding steroid dienone is 8. The third-order valence-electron chi connectivity index (χ3n) is 7.21. The van der Waals surface area contributed by atoms with Crippen LogP contribution >= 0.6 is 0 Å². The fourth-order valence-electron chi connectivity index (χ4n) is 5.10. The summed E-state index contributed by atoms with van der Waals surface area (Å²) in [5.74, 6) is 1.11. The van der Waals surface area contributed by atoms with E-state index < -0.39 is 0 Å². The Labute approximate surface area is 205 Å². The number of hydrogen-bond donors (Lipinski definition) is 0. The van der Waals surface area contributed by atoms with E-state index >= 15 is 0 Å². The highest BCUT2D eigenvalue weighted by atomic mass is 16.1. The van der Waals surface area contributed by atoms with Gasteiger partial charge in [-0.15, -0.1) is 0 Å². The van der Waals surface area contributed by atoms with E-state index in [1.165, 1.54) is 27.8 Å². The topological polar surface area (TPSA) is 30.0 Å². The molecule has 0 fully saturated rings. The van der Waals surface area contributed by atoms with Crippen LogP contribution in [0, 0.1) is 5.92 Å². The molecule has 0 radical (unpaired) electrons. The number of pyridine rings is 1. The lowest BCUT2D eigenvalue weighted by atomic mass is 9.84. The molecule has 176 valence electrons. The zero-order valence-corrected chi connectivity index (χ0v) is 20.9. The summed E-state index contributed by atoms with van der Waals surface area (Å²) in [6.45, 7) is 6.73. The van der Waals surface area contributed by atoms with Crippen molar-refractivity contribution >= 4 is 11.4 Å². The fraction of sp³-hybridized carbons (Fsp3) is 0.375. The van der Waals surface area contributed by atoms with Crippen LogP contribution < -0.4 is 0 Å². The van der Waals surface area contributed by atoms with Crippen LogP contribution in [-0.2, 0) is 6.42 Å². The lowest BCUT2D eigenvalue weighted by Crippen LogP contribution is -2.09. The lowest BCUT2D eigenvalue weighted by Gasteiger charge is -2.20. The molecule has 34 heavy (non-hydrogen) atoms. The van der Waals surface area contributed by atoms with E-state index in [0.717, 1.165) is 49.8 Å². The molecule has 0 bridgehead atoms. The molecule has 2 aliphatic carbocycles. The van der Waals surface area contributed by atoms with Crippen molar-refractivity contribution in [3.63, 3.8) is 0 Å². The first-order chi connectivity index (χ1) is 16.5. The number of hydrogen-bond acceptors (Lipinski definition) is 2. The molecular formula is C32H37NO. The standard InChI is InChI=1S/C32H37NO/c1-23-9-8-11-26(21-23)15-19-32(34)30-18-16-27(29-13-5-4-10-24(29)2)22-31(30)25(3)14-17-28-12-6-7-20-33-28/h5-9,11-13,16,18,20,22-23,25H,4,10,14-15,17,19,21H2,1-3H3. The van der Waals surface area contributed by atoms with Crippen LogP contribution in [0.2, 0.25) is 0 Å². The van der Waals surface area contributed by atoms with E-state index in [9.17, 15) is 4.79 Å². The van der Waals surface area contributed by atoms with Crippen LogP contribution in [0.15, 0.2) is 84.1 Å². The second-order valence-electron chi connectivity index (χ2n) is 10.0. The lowest BCUT2D eigenvalue weighted by molar-refractivity contribution is 0.0981. The molecule has 2 aromatic rings. The summed E-state index contributed by atoms with van der Waals surface area (Å²) in [6, 6.07) is 12.6. The highest BCUT2D eigenvalue weighted by Gasteiger charge is 2.19. The monoisotopic (exact) mass is 451 g/mol. The van der Waals surface area contributed by atoms with Crippen molar-refractivity contribution in [2.45, 2.75) is 71.6 Å². The van der Waals surface area contributed by atoms with Gasteiger partial charge in [-0.3, -0.25) is 9.78 Å². The summed E-state index contributed by atoms with van der Waals surface area (Å²) in [6.07, 6.45) is 19.5. The van der Waals surface area contributed by atoms with Crippen molar-refractivity contribution in [2.75, 3.05) is 0 Å². The Hall–Kier alpha value is -3.00. The fourth-order valence-corrected chi connectivity index (χ4v) is 5.10. The Morgan fingerprint density at radius 3 is 2.82 bits per heavy atom. The van der Waals surface area contributed by atoms with Crippen molar-refractivity contribution in [3.05, 3.63) is 107 Å². The van der Waals surface area contributed by atoms with Crippen molar-refractivity contribution < 1.29 is 4.79 Å². The summed E-state index contributed by atoms with van der Waals surface area (Å²) in [7, 11) is 0. The third kappa shape index (κ3) is 6.11. The quantitative estimate of drug-likeness (QED) is 0.358. The van der Waals surface area contributed by atoms with Gasteiger partial charge < -0.3 is 0 Å². The summed E-state index contributed by atoms with van der Waals surface area (Å²) in [4.78, 5) is 17.9. The summed E-state index contributed by atoms with van der Waals surface area (Å²) >= 11 is 0. The molecule has 2 heteroatoms. The molecule has 2 nitrogen and oxygen atoms in total. The Morgan fingerprint density at radius 2 is 2.06 bits per heavy atom. The van der Waals surface area contributed by atoms with Gasteiger partial charge in [0.1, 0.15) is 0 Å². The zero-order chi connectivity index (χ0) is 23.9. The Morgan fingerprint density at radius 1 is 1.18 bits per heavy atom. The molecule has 0 amide bonds. The van der Waals surface area contributed by atoms with E-state index in [1.807, 2.05) is 18.3 Å². The van der Waals surface area contributed by atoms with Gasteiger partial charge in [-0.05, 0) is 86.1 Å². The van der Waals surface area contributed by atoms with Crippen LogP contribution in [0.4, 0.5) is 0 Å². The Bertz CT molecular complexity index is 1130. The molecule has 4 rings (SSSR count). The predicted molar refractivity (Wildman–Crippen MR) is 143 cm³/mol. The molecule has 1 aromatic carbocycles. The first kappa shape index (κ1) is 24.1. The minimum atomic E-state index is 0.263. The number of rotatable bonds is 9. The SMILES string of the molecule is CC1=C(c2ccc(C(=O)CCC3=CC=CC(C)C3)c(C(C)CCc3ccccn3)c2)C=CCC1. The summed E-state index contributed by atoms with van der Waals surface area (Å²) in [5, 5.41) is 0. The highest BCUT2D eigenvalue weighted by molar-refractivity contribution is 5.98. The molecule has 0 saturated heterocycles. The second-order valence-corrected chi connectivity index (χ2v) is 10.0. The number of carbonyl (C=O) groups excluding carboxylic acids is 1. The van der Waals surface area contributed by atoms with Gasteiger partial charge in [-0.25, -0.2) is 0 Å². The van der Waals surface area contributed by atoms with Crippen LogP contribution in [0.1, 0.15) is 92.4 Å². The van der Waals surface area contributed by atoms with Crippen LogP contribution in [-0.4, -0.2) is 10.8 Å². The van der Waals surface area contributed by atoms with Gasteiger partial charge in [0.2, 0.25) is 0 Å². The average molecular weight is 452 g/mol. The van der Waals surface area contributed by atoms with E-state index in [4.69, 9.17) is 0 Å². The average Bonchev–Trinajstić information content (AvgIpc) is 2.86. The third-order valence-corrected chi connectivity index (χ3v) is 7.21. The van der Waals surface area contributed by atoms with Gasteiger partial charge in [0.25, 0.3) is 0 Å². The Kier molecular flexibility index (Phi) is 8.11. The normalized spacial score (nSPS) is 18.7. The maximum Gasteiger partial charge on any atom is 0.163 e. The van der Waals surface area contributed by atoms with E-state index in [-0.39, 0.29) is 11.7 Å². The minimum Gasteiger partial charge on any atom is -0.294 e. The van der Waals surface area contributed by atoms with Gasteiger partial charge >= 0.3 is 0 Å². The second kappa shape index (κ2) is 11.4. The molecule has 1 aromatic heterocycles. The number of benzene rings is 1. The zero-order valence-electron chi connectivity index (χ0n) is 20.9. The van der Waals surface area contributed by atoms with Crippen LogP contribution in [0.5, 0.6) is 0 Å². The van der Waals surface area contributed by atoms with Crippen LogP contribution in [0.25, 0.3) is 5.57 Å². The molecule has 2 aliphatic rings. The largest absolute Gasteiger partial charge is 0.294 e. The number of aryl methyl sites for hydroxylation is 1. The molecule has 0 spiro atoms. The predicted octanol–water partition coefficient (Wildman–Crippen LogP) is 8.43. The first-order valence-corrected chi connectivity index (χ1v) is 12.8. The number of nitrogens with zero attached hydrogens (tertiary/aromatic N) is 1. The van der Waals surface area contributed by atoms with Gasteiger partial charge in [-0.2, -0.15) is 0 Å². The van der Waals surface area contributed by atoms with Crippen molar-refractivity contribution in [2.24, 2.45) is 5.92 Å². The van der Waals surface area contributed by atoms with Crippen molar-refractivity contribution in [1.82, 2.24) is 4.98 Å². The Balaban J connectivity index is 1.57. The van der Waals surface area contributed by atoms with Gasteiger partial charge in [-0.1, -0.05) is 79.6 Å².